The Bertz CT molecular complexity index is 955. The first-order valence-corrected chi connectivity index (χ1v) is 7.54. The number of carbonyl (C=O) groups is 1. The van der Waals surface area contributed by atoms with Gasteiger partial charge in [0.1, 0.15) is 16.3 Å². The molecule has 0 spiro atoms. The maximum absolute atomic E-state index is 13.0. The first-order valence-electron chi connectivity index (χ1n) is 7.13. The van der Waals surface area contributed by atoms with Gasteiger partial charge in [-0.2, -0.15) is 0 Å². The molecule has 6 heteroatoms. The minimum absolute atomic E-state index is 0.0871. The van der Waals surface area contributed by atoms with E-state index in [2.05, 4.69) is 4.98 Å². The summed E-state index contributed by atoms with van der Waals surface area (Å²) in [5, 5.41) is 10.7. The second-order valence-corrected chi connectivity index (χ2v) is 5.83. The first kappa shape index (κ1) is 16.0. The van der Waals surface area contributed by atoms with Crippen molar-refractivity contribution in [3.8, 4) is 5.75 Å². The highest BCUT2D eigenvalue weighted by Crippen LogP contribution is 2.30. The molecule has 0 atom stereocenters. The fraction of sp³-hybridized carbons (Fsp3) is 0.0556. The van der Waals surface area contributed by atoms with Crippen LogP contribution >= 0.6 is 12.2 Å². The van der Waals surface area contributed by atoms with Crippen LogP contribution in [0.3, 0.4) is 0 Å². The summed E-state index contributed by atoms with van der Waals surface area (Å²) in [6.45, 7) is 0. The van der Waals surface area contributed by atoms with Crippen molar-refractivity contribution in [2.75, 3.05) is 0 Å². The number of pyridine rings is 1. The Labute approximate surface area is 142 Å². The van der Waals surface area contributed by atoms with Gasteiger partial charge in [0, 0.05) is 17.1 Å². The van der Waals surface area contributed by atoms with Crippen LogP contribution in [0.4, 0.5) is 4.39 Å². The van der Waals surface area contributed by atoms with Gasteiger partial charge in [-0.05, 0) is 41.8 Å². The number of thiocarbonyl (C=S) groups is 1. The fourth-order valence-corrected chi connectivity index (χ4v) is 2.74. The first-order chi connectivity index (χ1) is 11.5. The molecule has 0 radical (unpaired) electrons. The molecule has 3 rings (SSSR count). The van der Waals surface area contributed by atoms with Crippen LogP contribution < -0.4 is 5.73 Å². The minimum atomic E-state index is -0.294. The molecule has 0 fully saturated rings. The predicted octanol–water partition coefficient (Wildman–Crippen LogP) is 3.12. The van der Waals surface area contributed by atoms with Crippen LogP contribution in [-0.2, 0) is 6.42 Å². The number of halogens is 1. The zero-order valence-electron chi connectivity index (χ0n) is 12.5. The van der Waals surface area contributed by atoms with Crippen LogP contribution in [0.1, 0.15) is 27.0 Å². The lowest BCUT2D eigenvalue weighted by molar-refractivity contribution is 0.112. The maximum atomic E-state index is 13.0. The Balaban J connectivity index is 2.12. The van der Waals surface area contributed by atoms with Gasteiger partial charge in [0.15, 0.2) is 12.0 Å². The van der Waals surface area contributed by atoms with Crippen LogP contribution in [0.5, 0.6) is 5.75 Å². The Morgan fingerprint density at radius 1 is 1.25 bits per heavy atom. The number of phenolic OH excluding ortho intramolecular Hbond substituents is 1. The molecular weight excluding hydrogens is 327 g/mol. The number of aromatic nitrogens is 1. The molecule has 120 valence electrons. The van der Waals surface area contributed by atoms with Crippen molar-refractivity contribution < 1.29 is 14.3 Å². The summed E-state index contributed by atoms with van der Waals surface area (Å²) in [6.07, 6.45) is 2.67. The Hall–Kier alpha value is -2.86. The van der Waals surface area contributed by atoms with Gasteiger partial charge in [0.05, 0.1) is 5.56 Å². The number of nitrogens with two attached hydrogens (primary N) is 1. The number of hydrogen-bond acceptors (Lipinski definition) is 4. The predicted molar refractivity (Wildman–Crippen MR) is 93.9 cm³/mol. The molecule has 0 saturated carbocycles. The zero-order chi connectivity index (χ0) is 17.3. The lowest BCUT2D eigenvalue weighted by atomic mass is 9.99. The number of rotatable bonds is 4. The summed E-state index contributed by atoms with van der Waals surface area (Å²) in [5.74, 6) is -0.495. The highest BCUT2D eigenvalue weighted by molar-refractivity contribution is 7.80. The lowest BCUT2D eigenvalue weighted by Gasteiger charge is -2.10. The van der Waals surface area contributed by atoms with Crippen LogP contribution in [-0.4, -0.2) is 21.4 Å². The largest absolute Gasteiger partial charge is 0.505 e. The third-order valence-electron chi connectivity index (χ3n) is 3.75. The van der Waals surface area contributed by atoms with Gasteiger partial charge in [-0.25, -0.2) is 4.39 Å². The number of aldehydes is 1. The summed E-state index contributed by atoms with van der Waals surface area (Å²) in [4.78, 5) is 15.4. The smallest absolute Gasteiger partial charge is 0.153 e. The molecule has 4 nitrogen and oxygen atoms in total. The van der Waals surface area contributed by atoms with E-state index in [-0.39, 0.29) is 27.6 Å². The molecule has 0 saturated heterocycles. The van der Waals surface area contributed by atoms with E-state index in [1.54, 1.807) is 18.3 Å². The van der Waals surface area contributed by atoms with E-state index >= 15 is 0 Å². The molecule has 0 bridgehead atoms. The average Bonchev–Trinajstić information content (AvgIpc) is 2.57. The van der Waals surface area contributed by atoms with Gasteiger partial charge < -0.3 is 10.8 Å². The molecule has 24 heavy (non-hydrogen) atoms. The molecule has 0 amide bonds. The van der Waals surface area contributed by atoms with Gasteiger partial charge in [0.2, 0.25) is 0 Å². The van der Waals surface area contributed by atoms with E-state index < -0.39 is 0 Å². The third kappa shape index (κ3) is 2.96. The van der Waals surface area contributed by atoms with Crippen LogP contribution in [0.2, 0.25) is 0 Å². The number of phenols is 1. The molecule has 0 aliphatic heterocycles. The summed E-state index contributed by atoms with van der Waals surface area (Å²) >= 11 is 5.04. The molecular formula is C18H13FN2O2S. The van der Waals surface area contributed by atoms with Crippen LogP contribution in [0.25, 0.3) is 10.9 Å². The number of aromatic hydroxyl groups is 1. The SMILES string of the molecule is NC(=S)c1cc(C=O)c(O)c2ncc(Cc3ccc(F)cc3)cc12. The van der Waals surface area contributed by atoms with Gasteiger partial charge in [0.25, 0.3) is 0 Å². The fourth-order valence-electron chi connectivity index (χ4n) is 2.57. The van der Waals surface area contributed by atoms with E-state index in [1.807, 2.05) is 6.07 Å². The molecule has 1 aromatic heterocycles. The van der Waals surface area contributed by atoms with Crippen molar-refractivity contribution in [1.82, 2.24) is 4.98 Å². The average molecular weight is 340 g/mol. The van der Waals surface area contributed by atoms with Crippen molar-refractivity contribution in [3.05, 3.63) is 70.7 Å². The van der Waals surface area contributed by atoms with Crippen molar-refractivity contribution in [1.29, 1.82) is 0 Å². The number of carbonyl (C=O) groups excluding carboxylic acids is 1. The van der Waals surface area contributed by atoms with E-state index in [9.17, 15) is 14.3 Å². The quantitative estimate of drug-likeness (QED) is 0.564. The zero-order valence-corrected chi connectivity index (χ0v) is 13.3. The molecule has 0 unspecified atom stereocenters. The summed E-state index contributed by atoms with van der Waals surface area (Å²) in [5.41, 5.74) is 8.34. The number of benzene rings is 2. The molecule has 1 heterocycles. The van der Waals surface area contributed by atoms with E-state index in [4.69, 9.17) is 18.0 Å². The van der Waals surface area contributed by atoms with E-state index in [1.165, 1.54) is 18.2 Å². The molecule has 3 N–H and O–H groups in total. The Kier molecular flexibility index (Phi) is 4.22. The molecule has 2 aromatic carbocycles. The minimum Gasteiger partial charge on any atom is -0.505 e. The monoisotopic (exact) mass is 340 g/mol. The molecule has 0 aliphatic rings. The summed E-state index contributed by atoms with van der Waals surface area (Å²) in [6, 6.07) is 9.45. The molecule has 0 aliphatic carbocycles. The summed E-state index contributed by atoms with van der Waals surface area (Å²) in [7, 11) is 0. The standard InChI is InChI=1S/C18H13FN2O2S/c19-13-3-1-10(2-4-13)5-11-6-14-15(18(20)24)7-12(9-22)17(23)16(14)21-8-11/h1-4,6-9,23H,5H2,(H2,20,24). The van der Waals surface area contributed by atoms with E-state index in [0.29, 0.717) is 23.7 Å². The third-order valence-corrected chi connectivity index (χ3v) is 3.97. The normalized spacial score (nSPS) is 10.7. The Morgan fingerprint density at radius 2 is 1.96 bits per heavy atom. The van der Waals surface area contributed by atoms with Crippen molar-refractivity contribution >= 4 is 34.4 Å². The second-order valence-electron chi connectivity index (χ2n) is 5.39. The van der Waals surface area contributed by atoms with Crippen LogP contribution in [0.15, 0.2) is 42.6 Å². The van der Waals surface area contributed by atoms with Crippen LogP contribution in [0, 0.1) is 5.82 Å². The van der Waals surface area contributed by atoms with Gasteiger partial charge in [-0.1, -0.05) is 24.4 Å². The lowest BCUT2D eigenvalue weighted by Crippen LogP contribution is -2.11. The number of fused-ring (bicyclic) bond motifs is 1. The topological polar surface area (TPSA) is 76.2 Å². The highest BCUT2D eigenvalue weighted by atomic mass is 32.1. The highest BCUT2D eigenvalue weighted by Gasteiger charge is 2.14. The molecule has 3 aromatic rings. The van der Waals surface area contributed by atoms with Crippen molar-refractivity contribution in [2.24, 2.45) is 5.73 Å². The second kappa shape index (κ2) is 6.33. The van der Waals surface area contributed by atoms with Crippen molar-refractivity contribution in [3.63, 3.8) is 0 Å². The van der Waals surface area contributed by atoms with Crippen molar-refractivity contribution in [2.45, 2.75) is 6.42 Å². The Morgan fingerprint density at radius 3 is 2.58 bits per heavy atom. The number of nitrogens with zero attached hydrogens (tertiary/aromatic N) is 1. The van der Waals surface area contributed by atoms with Gasteiger partial charge in [-0.15, -0.1) is 0 Å². The number of hydrogen-bond donors (Lipinski definition) is 2. The maximum Gasteiger partial charge on any atom is 0.153 e. The van der Waals surface area contributed by atoms with Gasteiger partial charge in [-0.3, -0.25) is 9.78 Å². The van der Waals surface area contributed by atoms with Gasteiger partial charge >= 0.3 is 0 Å². The van der Waals surface area contributed by atoms with E-state index in [0.717, 1.165) is 11.1 Å². The summed E-state index contributed by atoms with van der Waals surface area (Å²) < 4.78 is 13.0.